The maximum absolute atomic E-state index is 13.6. The van der Waals surface area contributed by atoms with E-state index in [1.807, 2.05) is 74.4 Å². The number of sulfonamides is 1. The molecule has 1 amide bonds. The van der Waals surface area contributed by atoms with Crippen molar-refractivity contribution in [3.8, 4) is 0 Å². The maximum Gasteiger partial charge on any atom is 0.243 e. The summed E-state index contributed by atoms with van der Waals surface area (Å²) in [5.41, 5.74) is 5.07. The molecule has 0 radical (unpaired) electrons. The Morgan fingerprint density at radius 3 is 2.35 bits per heavy atom. The van der Waals surface area contributed by atoms with E-state index >= 15 is 0 Å². The first-order valence-electron chi connectivity index (χ1n) is 11.4. The topological polar surface area (TPSA) is 69.7 Å². The lowest BCUT2D eigenvalue weighted by Crippen LogP contribution is -2.42. The van der Waals surface area contributed by atoms with Gasteiger partial charge in [0.1, 0.15) is 0 Å². The highest BCUT2D eigenvalue weighted by molar-refractivity contribution is 7.89. The summed E-state index contributed by atoms with van der Waals surface area (Å²) in [6.07, 6.45) is 0.690. The average Bonchev–Trinajstić information content (AvgIpc) is 2.83. The van der Waals surface area contributed by atoms with Gasteiger partial charge in [-0.3, -0.25) is 4.79 Å². The number of fused-ring (bicyclic) bond motifs is 1. The zero-order chi connectivity index (χ0) is 24.3. The van der Waals surface area contributed by atoms with E-state index < -0.39 is 16.1 Å². The predicted octanol–water partition coefficient (Wildman–Crippen LogP) is 4.06. The van der Waals surface area contributed by atoms with E-state index in [0.717, 1.165) is 27.9 Å². The van der Waals surface area contributed by atoms with E-state index in [-0.39, 0.29) is 17.2 Å². The Kier molecular flexibility index (Phi) is 7.05. The van der Waals surface area contributed by atoms with Crippen LogP contribution in [0.5, 0.6) is 0 Å². The fraction of sp³-hybridized carbons (Fsp3) is 0.296. The molecule has 4 rings (SSSR count). The number of hydrogen-bond donors (Lipinski definition) is 1. The third-order valence-electron chi connectivity index (χ3n) is 6.31. The third-order valence-corrected chi connectivity index (χ3v) is 8.23. The molecule has 3 aromatic rings. The molecule has 1 N–H and O–H groups in total. The number of anilines is 1. The first-order chi connectivity index (χ1) is 16.3. The van der Waals surface area contributed by atoms with Gasteiger partial charge in [-0.05, 0) is 54.3 Å². The number of rotatable bonds is 7. The average molecular weight is 478 g/mol. The fourth-order valence-corrected chi connectivity index (χ4v) is 5.94. The number of amides is 1. The number of carbonyl (C=O) groups is 1. The van der Waals surface area contributed by atoms with Crippen LogP contribution in [0.15, 0.2) is 77.7 Å². The minimum absolute atomic E-state index is 0.0673. The molecule has 1 aliphatic heterocycles. The highest BCUT2D eigenvalue weighted by Crippen LogP contribution is 2.36. The Bertz CT molecular complexity index is 1250. The molecule has 6 nitrogen and oxygen atoms in total. The third kappa shape index (κ3) is 5.16. The maximum atomic E-state index is 13.6. The highest BCUT2D eigenvalue weighted by atomic mass is 32.2. The van der Waals surface area contributed by atoms with Crippen molar-refractivity contribution in [1.82, 2.24) is 9.62 Å². The van der Waals surface area contributed by atoms with Gasteiger partial charge in [0.2, 0.25) is 15.9 Å². The van der Waals surface area contributed by atoms with Crippen LogP contribution in [0.4, 0.5) is 5.69 Å². The molecule has 1 atom stereocenters. The summed E-state index contributed by atoms with van der Waals surface area (Å²) < 4.78 is 28.6. The Balaban J connectivity index is 1.54. The molecule has 0 bridgehead atoms. The second kappa shape index (κ2) is 9.99. The smallest absolute Gasteiger partial charge is 0.243 e. The first-order valence-corrected chi connectivity index (χ1v) is 12.9. The number of benzene rings is 3. The Labute approximate surface area is 202 Å². The van der Waals surface area contributed by atoms with Crippen molar-refractivity contribution in [2.24, 2.45) is 0 Å². The largest absolute Gasteiger partial charge is 0.378 e. The predicted molar refractivity (Wildman–Crippen MR) is 135 cm³/mol. The van der Waals surface area contributed by atoms with E-state index in [9.17, 15) is 13.2 Å². The van der Waals surface area contributed by atoms with E-state index in [1.54, 1.807) is 24.3 Å². The lowest BCUT2D eigenvalue weighted by molar-refractivity contribution is -0.122. The molecule has 1 aliphatic rings. The Morgan fingerprint density at radius 1 is 1.00 bits per heavy atom. The molecule has 0 fully saturated rings. The lowest BCUT2D eigenvalue weighted by atomic mass is 9.92. The van der Waals surface area contributed by atoms with Gasteiger partial charge in [-0.15, -0.1) is 0 Å². The Hall–Kier alpha value is -3.16. The number of nitrogens with zero attached hydrogens (tertiary/aromatic N) is 2. The van der Waals surface area contributed by atoms with E-state index in [0.29, 0.717) is 19.5 Å². The molecule has 178 valence electrons. The van der Waals surface area contributed by atoms with Crippen molar-refractivity contribution < 1.29 is 13.2 Å². The van der Waals surface area contributed by atoms with Crippen molar-refractivity contribution in [3.05, 3.63) is 95.1 Å². The summed E-state index contributed by atoms with van der Waals surface area (Å²) >= 11 is 0. The molecular formula is C27H31N3O3S. The van der Waals surface area contributed by atoms with Crippen molar-refractivity contribution in [2.45, 2.75) is 37.2 Å². The van der Waals surface area contributed by atoms with Gasteiger partial charge in [0.25, 0.3) is 0 Å². The van der Waals surface area contributed by atoms with Crippen LogP contribution in [0.1, 0.15) is 34.7 Å². The van der Waals surface area contributed by atoms with E-state index in [4.69, 9.17) is 0 Å². The summed E-state index contributed by atoms with van der Waals surface area (Å²) in [5.74, 6) is -0.178. The van der Waals surface area contributed by atoms with Crippen LogP contribution in [0.3, 0.4) is 0 Å². The lowest BCUT2D eigenvalue weighted by Gasteiger charge is -2.36. The molecule has 0 unspecified atom stereocenters. The molecule has 0 aliphatic carbocycles. The van der Waals surface area contributed by atoms with Crippen LogP contribution in [0.25, 0.3) is 0 Å². The van der Waals surface area contributed by atoms with Gasteiger partial charge in [-0.1, -0.05) is 54.1 Å². The van der Waals surface area contributed by atoms with Crippen LogP contribution < -0.4 is 10.2 Å². The quantitative estimate of drug-likeness (QED) is 0.557. The number of aryl methyl sites for hydroxylation is 1. The molecule has 0 aromatic heterocycles. The monoisotopic (exact) mass is 477 g/mol. The van der Waals surface area contributed by atoms with Crippen LogP contribution >= 0.6 is 0 Å². The van der Waals surface area contributed by atoms with Crippen molar-refractivity contribution >= 4 is 21.6 Å². The van der Waals surface area contributed by atoms with Gasteiger partial charge in [-0.2, -0.15) is 4.31 Å². The van der Waals surface area contributed by atoms with Gasteiger partial charge < -0.3 is 10.2 Å². The van der Waals surface area contributed by atoms with Gasteiger partial charge in [-0.25, -0.2) is 8.42 Å². The SMILES string of the molecule is Cc1ccc(S(=O)(=O)N2CCc3ccccc3[C@@H]2CC(=O)NCc2ccc(N(C)C)cc2)cc1. The minimum atomic E-state index is -3.75. The van der Waals surface area contributed by atoms with Crippen LogP contribution in [-0.4, -0.2) is 39.3 Å². The first kappa shape index (κ1) is 24.0. The van der Waals surface area contributed by atoms with Gasteiger partial charge in [0, 0.05) is 39.3 Å². The fourth-order valence-electron chi connectivity index (χ4n) is 4.33. The van der Waals surface area contributed by atoms with Gasteiger partial charge in [0.05, 0.1) is 10.9 Å². The zero-order valence-electron chi connectivity index (χ0n) is 19.9. The number of nitrogens with one attached hydrogen (secondary N) is 1. The molecule has 0 saturated heterocycles. The van der Waals surface area contributed by atoms with Crippen LogP contribution in [0, 0.1) is 6.92 Å². The normalized spacial score (nSPS) is 16.0. The van der Waals surface area contributed by atoms with Crippen LogP contribution in [0.2, 0.25) is 0 Å². The van der Waals surface area contributed by atoms with E-state index in [1.165, 1.54) is 4.31 Å². The molecular weight excluding hydrogens is 446 g/mol. The molecule has 7 heteroatoms. The van der Waals surface area contributed by atoms with Gasteiger partial charge >= 0.3 is 0 Å². The summed E-state index contributed by atoms with van der Waals surface area (Å²) in [6, 6.07) is 22.1. The van der Waals surface area contributed by atoms with Crippen molar-refractivity contribution in [3.63, 3.8) is 0 Å². The second-order valence-electron chi connectivity index (χ2n) is 8.94. The van der Waals surface area contributed by atoms with Crippen LogP contribution in [-0.2, 0) is 27.8 Å². The van der Waals surface area contributed by atoms with Crippen molar-refractivity contribution in [1.29, 1.82) is 0 Å². The molecule has 3 aromatic carbocycles. The number of hydrogen-bond acceptors (Lipinski definition) is 4. The molecule has 34 heavy (non-hydrogen) atoms. The molecule has 0 spiro atoms. The van der Waals surface area contributed by atoms with Gasteiger partial charge in [0.15, 0.2) is 0 Å². The minimum Gasteiger partial charge on any atom is -0.378 e. The zero-order valence-corrected chi connectivity index (χ0v) is 20.7. The number of carbonyl (C=O) groups excluding carboxylic acids is 1. The van der Waals surface area contributed by atoms with Crippen molar-refractivity contribution in [2.75, 3.05) is 25.5 Å². The highest BCUT2D eigenvalue weighted by Gasteiger charge is 2.37. The Morgan fingerprint density at radius 2 is 1.68 bits per heavy atom. The summed E-state index contributed by atoms with van der Waals surface area (Å²) in [6.45, 7) is 2.66. The summed E-state index contributed by atoms with van der Waals surface area (Å²) in [5, 5.41) is 2.97. The summed E-state index contributed by atoms with van der Waals surface area (Å²) in [7, 11) is 0.215. The molecule has 0 saturated carbocycles. The molecule has 1 heterocycles. The standard InChI is InChI=1S/C27H31N3O3S/c1-20-8-14-24(15-9-20)34(32,33)30-17-16-22-6-4-5-7-25(22)26(30)18-27(31)28-19-21-10-12-23(13-11-21)29(2)3/h4-15,26H,16-19H2,1-3H3,(H,28,31)/t26-/m0/s1. The van der Waals surface area contributed by atoms with E-state index in [2.05, 4.69) is 5.32 Å². The summed E-state index contributed by atoms with van der Waals surface area (Å²) in [4.78, 5) is 15.3. The second-order valence-corrected chi connectivity index (χ2v) is 10.8.